The zero-order valence-corrected chi connectivity index (χ0v) is 9.08. The molecule has 0 saturated carbocycles. The number of rotatable bonds is 1. The van der Waals surface area contributed by atoms with Gasteiger partial charge < -0.3 is 0 Å². The fourth-order valence-corrected chi connectivity index (χ4v) is 1.48. The van der Waals surface area contributed by atoms with E-state index >= 15 is 0 Å². The van der Waals surface area contributed by atoms with Gasteiger partial charge in [-0.25, -0.2) is 9.97 Å². The summed E-state index contributed by atoms with van der Waals surface area (Å²) in [6.07, 6.45) is 0. The number of fused-ring (bicyclic) bond motifs is 1. The lowest BCUT2D eigenvalue weighted by molar-refractivity contribution is 0.751. The SMILES string of the molecule is Cc1nc(Cl)cc2nc(C(C)C)nn12. The highest BCUT2D eigenvalue weighted by molar-refractivity contribution is 6.29. The molecule has 0 saturated heterocycles. The van der Waals surface area contributed by atoms with Gasteiger partial charge >= 0.3 is 0 Å². The highest BCUT2D eigenvalue weighted by Gasteiger charge is 2.09. The van der Waals surface area contributed by atoms with Crippen LogP contribution in [0.1, 0.15) is 31.4 Å². The van der Waals surface area contributed by atoms with E-state index in [1.54, 1.807) is 10.6 Å². The molecule has 0 fully saturated rings. The average Bonchev–Trinajstić information content (AvgIpc) is 2.47. The standard InChI is InChI=1S/C9H11ClN4/c1-5(2)9-12-8-4-7(10)11-6(3)14(8)13-9/h4-5H,1-3H3. The molecule has 0 aliphatic heterocycles. The maximum atomic E-state index is 5.82. The second-order valence-electron chi connectivity index (χ2n) is 3.52. The summed E-state index contributed by atoms with van der Waals surface area (Å²) < 4.78 is 1.71. The third-order valence-electron chi connectivity index (χ3n) is 1.99. The maximum absolute atomic E-state index is 5.82. The Hall–Kier alpha value is -1.16. The van der Waals surface area contributed by atoms with Crippen LogP contribution in [0, 0.1) is 6.92 Å². The van der Waals surface area contributed by atoms with E-state index in [4.69, 9.17) is 11.6 Å². The van der Waals surface area contributed by atoms with Crippen molar-refractivity contribution in [3.05, 3.63) is 22.9 Å². The first-order valence-corrected chi connectivity index (χ1v) is 4.85. The summed E-state index contributed by atoms with van der Waals surface area (Å²) >= 11 is 5.82. The number of aromatic nitrogens is 4. The van der Waals surface area contributed by atoms with Crippen molar-refractivity contribution in [2.45, 2.75) is 26.7 Å². The Labute approximate surface area is 86.9 Å². The molecule has 0 aliphatic carbocycles. The Balaban J connectivity index is 2.70. The van der Waals surface area contributed by atoms with Crippen LogP contribution in [0.15, 0.2) is 6.07 Å². The molecule has 2 rings (SSSR count). The molecule has 0 amide bonds. The van der Waals surface area contributed by atoms with Crippen molar-refractivity contribution in [1.29, 1.82) is 0 Å². The molecular formula is C9H11ClN4. The zero-order valence-electron chi connectivity index (χ0n) is 8.32. The van der Waals surface area contributed by atoms with E-state index in [1.807, 2.05) is 6.92 Å². The fourth-order valence-electron chi connectivity index (χ4n) is 1.26. The van der Waals surface area contributed by atoms with E-state index in [0.717, 1.165) is 17.3 Å². The Kier molecular flexibility index (Phi) is 2.15. The molecule has 0 atom stereocenters. The van der Waals surface area contributed by atoms with E-state index in [-0.39, 0.29) is 0 Å². The first kappa shape index (κ1) is 9.40. The molecular weight excluding hydrogens is 200 g/mol. The van der Waals surface area contributed by atoms with Gasteiger partial charge in [-0.3, -0.25) is 0 Å². The molecule has 0 radical (unpaired) electrons. The van der Waals surface area contributed by atoms with Crippen LogP contribution in [0.3, 0.4) is 0 Å². The van der Waals surface area contributed by atoms with Crippen LogP contribution in [0.2, 0.25) is 5.15 Å². The molecule has 2 heterocycles. The van der Waals surface area contributed by atoms with Gasteiger partial charge in [0.25, 0.3) is 0 Å². The number of nitrogens with zero attached hydrogens (tertiary/aromatic N) is 4. The number of aryl methyl sites for hydroxylation is 1. The lowest BCUT2D eigenvalue weighted by Gasteiger charge is -1.96. The minimum atomic E-state index is 0.313. The molecule has 2 aromatic heterocycles. The maximum Gasteiger partial charge on any atom is 0.160 e. The molecule has 0 aliphatic rings. The van der Waals surface area contributed by atoms with E-state index < -0.39 is 0 Å². The minimum absolute atomic E-state index is 0.313. The van der Waals surface area contributed by atoms with Crippen LogP contribution in [0.4, 0.5) is 0 Å². The second kappa shape index (κ2) is 3.20. The van der Waals surface area contributed by atoms with Crippen molar-refractivity contribution in [2.24, 2.45) is 0 Å². The van der Waals surface area contributed by atoms with Crippen LogP contribution in [-0.2, 0) is 0 Å². The van der Waals surface area contributed by atoms with Crippen molar-refractivity contribution < 1.29 is 0 Å². The van der Waals surface area contributed by atoms with Gasteiger partial charge in [-0.1, -0.05) is 25.4 Å². The molecule has 14 heavy (non-hydrogen) atoms. The van der Waals surface area contributed by atoms with Crippen LogP contribution in [-0.4, -0.2) is 19.6 Å². The molecule has 0 aromatic carbocycles. The van der Waals surface area contributed by atoms with Crippen molar-refractivity contribution in [3.63, 3.8) is 0 Å². The number of hydrogen-bond donors (Lipinski definition) is 0. The quantitative estimate of drug-likeness (QED) is 0.678. The first-order chi connectivity index (χ1) is 6.58. The minimum Gasteiger partial charge on any atom is -0.221 e. The van der Waals surface area contributed by atoms with Gasteiger partial charge in [0, 0.05) is 12.0 Å². The van der Waals surface area contributed by atoms with Crippen molar-refractivity contribution >= 4 is 17.2 Å². The lowest BCUT2D eigenvalue weighted by atomic mass is 10.2. The highest BCUT2D eigenvalue weighted by Crippen LogP contribution is 2.14. The topological polar surface area (TPSA) is 43.1 Å². The number of hydrogen-bond acceptors (Lipinski definition) is 3. The van der Waals surface area contributed by atoms with Crippen LogP contribution < -0.4 is 0 Å². The molecule has 0 bridgehead atoms. The molecule has 4 nitrogen and oxygen atoms in total. The van der Waals surface area contributed by atoms with Gasteiger partial charge in [0.1, 0.15) is 11.0 Å². The summed E-state index contributed by atoms with van der Waals surface area (Å²) in [7, 11) is 0. The van der Waals surface area contributed by atoms with Gasteiger partial charge in [-0.15, -0.1) is 5.10 Å². The van der Waals surface area contributed by atoms with E-state index in [9.17, 15) is 0 Å². The van der Waals surface area contributed by atoms with Gasteiger partial charge in [-0.05, 0) is 6.92 Å². The van der Waals surface area contributed by atoms with Crippen LogP contribution in [0.25, 0.3) is 5.65 Å². The normalized spacial score (nSPS) is 11.5. The lowest BCUT2D eigenvalue weighted by Crippen LogP contribution is -1.97. The summed E-state index contributed by atoms with van der Waals surface area (Å²) in [5.74, 6) is 1.89. The van der Waals surface area contributed by atoms with Gasteiger partial charge in [0.15, 0.2) is 11.5 Å². The average molecular weight is 211 g/mol. The summed E-state index contributed by atoms with van der Waals surface area (Å²) in [4.78, 5) is 8.46. The second-order valence-corrected chi connectivity index (χ2v) is 3.91. The van der Waals surface area contributed by atoms with Crippen molar-refractivity contribution in [1.82, 2.24) is 19.6 Å². The van der Waals surface area contributed by atoms with Gasteiger partial charge in [0.05, 0.1) is 0 Å². The monoisotopic (exact) mass is 210 g/mol. The van der Waals surface area contributed by atoms with E-state index in [2.05, 4.69) is 28.9 Å². The smallest absolute Gasteiger partial charge is 0.160 e. The summed E-state index contributed by atoms with van der Waals surface area (Å²) in [5.41, 5.74) is 0.756. The summed E-state index contributed by atoms with van der Waals surface area (Å²) in [6.45, 7) is 5.97. The van der Waals surface area contributed by atoms with E-state index in [1.165, 1.54) is 0 Å². The Morgan fingerprint density at radius 2 is 2.07 bits per heavy atom. The molecule has 74 valence electrons. The van der Waals surface area contributed by atoms with Gasteiger partial charge in [-0.2, -0.15) is 4.52 Å². The van der Waals surface area contributed by atoms with Crippen molar-refractivity contribution in [3.8, 4) is 0 Å². The predicted octanol–water partition coefficient (Wildman–Crippen LogP) is 2.21. The van der Waals surface area contributed by atoms with Crippen LogP contribution in [0.5, 0.6) is 0 Å². The largest absolute Gasteiger partial charge is 0.221 e. The summed E-state index contributed by atoms with van der Waals surface area (Å²) in [6, 6.07) is 1.72. The van der Waals surface area contributed by atoms with Crippen LogP contribution >= 0.6 is 11.6 Å². The van der Waals surface area contributed by atoms with Gasteiger partial charge in [0.2, 0.25) is 0 Å². The molecule has 0 N–H and O–H groups in total. The molecule has 5 heteroatoms. The van der Waals surface area contributed by atoms with E-state index in [0.29, 0.717) is 11.1 Å². The Morgan fingerprint density at radius 3 is 2.71 bits per heavy atom. The third kappa shape index (κ3) is 1.46. The first-order valence-electron chi connectivity index (χ1n) is 4.47. The fraction of sp³-hybridized carbons (Fsp3) is 0.444. The third-order valence-corrected chi connectivity index (χ3v) is 2.18. The molecule has 2 aromatic rings. The zero-order chi connectivity index (χ0) is 10.3. The Morgan fingerprint density at radius 1 is 1.36 bits per heavy atom. The summed E-state index contributed by atoms with van der Waals surface area (Å²) in [5, 5.41) is 4.79. The molecule has 0 spiro atoms. The Bertz CT molecular complexity index is 475. The number of halogens is 1. The molecule has 0 unspecified atom stereocenters. The van der Waals surface area contributed by atoms with Crippen molar-refractivity contribution in [2.75, 3.05) is 0 Å². The predicted molar refractivity (Wildman–Crippen MR) is 54.6 cm³/mol. The highest BCUT2D eigenvalue weighted by atomic mass is 35.5.